The summed E-state index contributed by atoms with van der Waals surface area (Å²) in [5.74, 6) is 1.12. The first kappa shape index (κ1) is 22.3. The van der Waals surface area contributed by atoms with E-state index in [0.717, 1.165) is 4.57 Å². The van der Waals surface area contributed by atoms with Gasteiger partial charge in [-0.2, -0.15) is 8.78 Å². The summed E-state index contributed by atoms with van der Waals surface area (Å²) in [5, 5.41) is 6.38. The predicted molar refractivity (Wildman–Crippen MR) is 111 cm³/mol. The first-order valence-electron chi connectivity index (χ1n) is 8.39. The first-order valence-corrected chi connectivity index (χ1v) is 8.39. The van der Waals surface area contributed by atoms with Crippen LogP contribution in [-0.2, 0) is 6.54 Å². The van der Waals surface area contributed by atoms with Gasteiger partial charge < -0.3 is 10.6 Å². The minimum absolute atomic E-state index is 0. The van der Waals surface area contributed by atoms with Crippen LogP contribution in [0.15, 0.2) is 41.7 Å². The van der Waals surface area contributed by atoms with Crippen LogP contribution >= 0.6 is 24.0 Å². The molecule has 1 aromatic heterocycles. The largest absolute Gasteiger partial charge is 0.357 e. The van der Waals surface area contributed by atoms with Gasteiger partial charge in [0.2, 0.25) is 0 Å². The number of alkyl halides is 2. The fraction of sp³-hybridized carbons (Fsp3) is 0.444. The molecule has 0 saturated heterocycles. The average Bonchev–Trinajstić information content (AvgIpc) is 3.06. The molecular formula is C18H26F2IN5. The molecule has 1 aromatic carbocycles. The summed E-state index contributed by atoms with van der Waals surface area (Å²) in [5.41, 5.74) is 2.47. The minimum Gasteiger partial charge on any atom is -0.357 e. The number of aryl methyl sites for hydroxylation is 1. The quantitative estimate of drug-likeness (QED) is 0.359. The summed E-state index contributed by atoms with van der Waals surface area (Å²) in [7, 11) is 0. The lowest BCUT2D eigenvalue weighted by molar-refractivity contribution is 0.0671. The lowest BCUT2D eigenvalue weighted by Crippen LogP contribution is -2.39. The second kappa shape index (κ2) is 11.1. The molecule has 0 aliphatic heterocycles. The molecule has 144 valence electrons. The summed E-state index contributed by atoms with van der Waals surface area (Å²) in [6, 6.07) is 8.42. The van der Waals surface area contributed by atoms with Gasteiger partial charge in [0.05, 0.1) is 0 Å². The van der Waals surface area contributed by atoms with Crippen molar-refractivity contribution in [3.05, 3.63) is 53.6 Å². The highest BCUT2D eigenvalue weighted by Crippen LogP contribution is 2.15. The molecule has 0 aliphatic carbocycles. The van der Waals surface area contributed by atoms with Crippen LogP contribution in [-0.4, -0.2) is 28.6 Å². The Hall–Kier alpha value is -1.71. The molecule has 1 unspecified atom stereocenters. The maximum atomic E-state index is 12.8. The van der Waals surface area contributed by atoms with Gasteiger partial charge in [0.25, 0.3) is 0 Å². The zero-order chi connectivity index (χ0) is 18.2. The molecule has 26 heavy (non-hydrogen) atoms. The van der Waals surface area contributed by atoms with Crippen molar-refractivity contribution in [2.24, 2.45) is 4.99 Å². The van der Waals surface area contributed by atoms with E-state index in [1.54, 1.807) is 0 Å². The van der Waals surface area contributed by atoms with E-state index in [1.807, 2.05) is 6.92 Å². The molecule has 0 spiro atoms. The Kier molecular flexibility index (Phi) is 9.53. The fourth-order valence-electron chi connectivity index (χ4n) is 2.40. The number of aliphatic imine (C=N–C) groups is 1. The standard InChI is InChI=1S/C18H25F2N5.HI/c1-4-21-18(24-12-16-22-9-10-25(16)17(19)20)23-11-14(3)15-7-5-13(2)6-8-15;/h5-10,14,17H,4,11-12H2,1-3H3,(H2,21,23,24);1H. The van der Waals surface area contributed by atoms with Gasteiger partial charge in [-0.05, 0) is 25.3 Å². The van der Waals surface area contributed by atoms with E-state index in [9.17, 15) is 8.78 Å². The zero-order valence-electron chi connectivity index (χ0n) is 15.2. The van der Waals surface area contributed by atoms with Gasteiger partial charge in [0, 0.05) is 25.5 Å². The van der Waals surface area contributed by atoms with E-state index in [0.29, 0.717) is 25.0 Å². The number of guanidine groups is 1. The summed E-state index contributed by atoms with van der Waals surface area (Å²) < 4.78 is 26.5. The summed E-state index contributed by atoms with van der Waals surface area (Å²) in [6.45, 7) is 5.01. The van der Waals surface area contributed by atoms with Gasteiger partial charge >= 0.3 is 6.55 Å². The highest BCUT2D eigenvalue weighted by atomic mass is 127. The number of nitrogens with one attached hydrogen (secondary N) is 2. The van der Waals surface area contributed by atoms with Crippen LogP contribution in [0.25, 0.3) is 0 Å². The van der Waals surface area contributed by atoms with Crippen LogP contribution in [0.3, 0.4) is 0 Å². The molecule has 0 radical (unpaired) electrons. The number of imidazole rings is 1. The first-order chi connectivity index (χ1) is 12.0. The topological polar surface area (TPSA) is 54.2 Å². The van der Waals surface area contributed by atoms with Crippen LogP contribution in [0.5, 0.6) is 0 Å². The Morgan fingerprint density at radius 2 is 1.92 bits per heavy atom. The van der Waals surface area contributed by atoms with Gasteiger partial charge in [0.15, 0.2) is 5.96 Å². The summed E-state index contributed by atoms with van der Waals surface area (Å²) in [6.07, 6.45) is 2.62. The van der Waals surface area contributed by atoms with E-state index in [2.05, 4.69) is 58.7 Å². The van der Waals surface area contributed by atoms with Crippen LogP contribution in [0.1, 0.15) is 43.3 Å². The SMILES string of the molecule is CCNC(=NCc1nccn1C(F)F)NCC(C)c1ccc(C)cc1.I. The molecule has 0 amide bonds. The molecular weight excluding hydrogens is 451 g/mol. The van der Waals surface area contributed by atoms with E-state index in [4.69, 9.17) is 0 Å². The Labute approximate surface area is 170 Å². The number of benzene rings is 1. The summed E-state index contributed by atoms with van der Waals surface area (Å²) >= 11 is 0. The lowest BCUT2D eigenvalue weighted by atomic mass is 10.0. The molecule has 1 heterocycles. The molecule has 0 bridgehead atoms. The van der Waals surface area contributed by atoms with E-state index < -0.39 is 6.55 Å². The van der Waals surface area contributed by atoms with E-state index in [1.165, 1.54) is 23.5 Å². The third-order valence-corrected chi connectivity index (χ3v) is 3.90. The zero-order valence-corrected chi connectivity index (χ0v) is 17.6. The highest BCUT2D eigenvalue weighted by molar-refractivity contribution is 14.0. The van der Waals surface area contributed by atoms with Crippen molar-refractivity contribution in [3.8, 4) is 0 Å². The third-order valence-electron chi connectivity index (χ3n) is 3.90. The van der Waals surface area contributed by atoms with Gasteiger partial charge in [0.1, 0.15) is 12.4 Å². The molecule has 0 aliphatic rings. The van der Waals surface area contributed by atoms with Crippen molar-refractivity contribution in [2.75, 3.05) is 13.1 Å². The maximum Gasteiger partial charge on any atom is 0.319 e. The normalized spacial score (nSPS) is 12.6. The monoisotopic (exact) mass is 477 g/mol. The predicted octanol–water partition coefficient (Wildman–Crippen LogP) is 4.06. The van der Waals surface area contributed by atoms with Crippen LogP contribution in [0, 0.1) is 6.92 Å². The number of rotatable bonds is 7. The van der Waals surface area contributed by atoms with Crippen LogP contribution in [0.4, 0.5) is 8.78 Å². The molecule has 5 nitrogen and oxygen atoms in total. The lowest BCUT2D eigenvalue weighted by Gasteiger charge is -2.16. The maximum absolute atomic E-state index is 12.8. The van der Waals surface area contributed by atoms with E-state index in [-0.39, 0.29) is 36.3 Å². The number of nitrogens with zero attached hydrogens (tertiary/aromatic N) is 3. The summed E-state index contributed by atoms with van der Waals surface area (Å²) in [4.78, 5) is 8.30. The molecule has 1 atom stereocenters. The number of aromatic nitrogens is 2. The average molecular weight is 477 g/mol. The molecule has 2 aromatic rings. The van der Waals surface area contributed by atoms with Gasteiger partial charge in [-0.15, -0.1) is 24.0 Å². The number of halogens is 3. The van der Waals surface area contributed by atoms with Crippen molar-refractivity contribution in [2.45, 2.75) is 39.8 Å². The van der Waals surface area contributed by atoms with Crippen LogP contribution < -0.4 is 10.6 Å². The molecule has 0 fully saturated rings. The van der Waals surface area contributed by atoms with Crippen molar-refractivity contribution < 1.29 is 8.78 Å². The second-order valence-electron chi connectivity index (χ2n) is 5.92. The van der Waals surface area contributed by atoms with Gasteiger partial charge in [-0.25, -0.2) is 9.98 Å². The second-order valence-corrected chi connectivity index (χ2v) is 5.92. The Morgan fingerprint density at radius 3 is 2.54 bits per heavy atom. The van der Waals surface area contributed by atoms with Gasteiger partial charge in [-0.1, -0.05) is 36.8 Å². The third kappa shape index (κ3) is 6.54. The van der Waals surface area contributed by atoms with Crippen LogP contribution in [0.2, 0.25) is 0 Å². The van der Waals surface area contributed by atoms with Crippen molar-refractivity contribution in [1.29, 1.82) is 0 Å². The molecule has 0 saturated carbocycles. The smallest absolute Gasteiger partial charge is 0.319 e. The van der Waals surface area contributed by atoms with Gasteiger partial charge in [-0.3, -0.25) is 4.57 Å². The molecule has 8 heteroatoms. The Morgan fingerprint density at radius 1 is 1.23 bits per heavy atom. The van der Waals surface area contributed by atoms with Crippen molar-refractivity contribution in [3.63, 3.8) is 0 Å². The Bertz CT molecular complexity index is 685. The number of hydrogen-bond donors (Lipinski definition) is 2. The fourth-order valence-corrected chi connectivity index (χ4v) is 2.40. The molecule has 2 rings (SSSR count). The highest BCUT2D eigenvalue weighted by Gasteiger charge is 2.11. The number of hydrogen-bond acceptors (Lipinski definition) is 2. The van der Waals surface area contributed by atoms with Crippen molar-refractivity contribution in [1.82, 2.24) is 20.2 Å². The van der Waals surface area contributed by atoms with Crippen molar-refractivity contribution >= 4 is 29.9 Å². The van der Waals surface area contributed by atoms with E-state index >= 15 is 0 Å². The molecule has 2 N–H and O–H groups in total. The Balaban J connectivity index is 0.00000338. The minimum atomic E-state index is -2.61.